The van der Waals surface area contributed by atoms with Crippen molar-refractivity contribution in [2.45, 2.75) is 44.2 Å². The number of aliphatic hydroxyl groups excluding tert-OH is 1. The maximum absolute atomic E-state index is 9.75. The van der Waals surface area contributed by atoms with Crippen LogP contribution in [0.2, 0.25) is 0 Å². The van der Waals surface area contributed by atoms with Crippen LogP contribution in [0, 0.1) is 5.92 Å². The van der Waals surface area contributed by atoms with Crippen molar-refractivity contribution in [3.05, 3.63) is 0 Å². The van der Waals surface area contributed by atoms with Gasteiger partial charge in [0.1, 0.15) is 0 Å². The van der Waals surface area contributed by atoms with E-state index in [-0.39, 0.29) is 6.10 Å². The fraction of sp³-hybridized carbons (Fsp3) is 1.00. The highest BCUT2D eigenvalue weighted by atomic mass is 16.5. The zero-order chi connectivity index (χ0) is 10.7. The molecule has 3 nitrogen and oxygen atoms in total. The molecule has 2 aliphatic rings. The van der Waals surface area contributed by atoms with E-state index in [2.05, 4.69) is 4.90 Å². The predicted octanol–water partition coefficient (Wildman–Crippen LogP) is 1.26. The molecule has 3 unspecified atom stereocenters. The van der Waals surface area contributed by atoms with Gasteiger partial charge in [0.15, 0.2) is 0 Å². The largest absolute Gasteiger partial charge is 0.389 e. The molecule has 15 heavy (non-hydrogen) atoms. The topological polar surface area (TPSA) is 32.7 Å². The molecule has 0 bridgehead atoms. The van der Waals surface area contributed by atoms with E-state index in [1.165, 1.54) is 38.6 Å². The summed E-state index contributed by atoms with van der Waals surface area (Å²) in [6.45, 7) is 2.44. The lowest BCUT2D eigenvalue weighted by Gasteiger charge is -2.38. The van der Waals surface area contributed by atoms with Gasteiger partial charge in [-0.2, -0.15) is 0 Å². The average molecular weight is 213 g/mol. The van der Waals surface area contributed by atoms with Crippen molar-refractivity contribution in [1.82, 2.24) is 4.90 Å². The number of methoxy groups -OCH3 is 1. The second-order valence-corrected chi connectivity index (χ2v) is 5.00. The molecule has 1 aliphatic heterocycles. The molecular weight excluding hydrogens is 190 g/mol. The third kappa shape index (κ3) is 2.71. The molecule has 0 spiro atoms. The smallest absolute Gasteiger partial charge is 0.0900 e. The second kappa shape index (κ2) is 5.28. The molecule has 0 amide bonds. The van der Waals surface area contributed by atoms with Crippen molar-refractivity contribution in [1.29, 1.82) is 0 Å². The predicted molar refractivity (Wildman–Crippen MR) is 59.8 cm³/mol. The van der Waals surface area contributed by atoms with Crippen molar-refractivity contribution in [2.24, 2.45) is 5.92 Å². The second-order valence-electron chi connectivity index (χ2n) is 5.00. The van der Waals surface area contributed by atoms with Crippen LogP contribution in [0.5, 0.6) is 0 Å². The van der Waals surface area contributed by atoms with Crippen molar-refractivity contribution in [2.75, 3.05) is 26.8 Å². The summed E-state index contributed by atoms with van der Waals surface area (Å²) in [6, 6.07) is 0.755. The van der Waals surface area contributed by atoms with Crippen LogP contribution >= 0.6 is 0 Å². The number of rotatable bonds is 4. The van der Waals surface area contributed by atoms with Gasteiger partial charge in [-0.05, 0) is 38.1 Å². The lowest BCUT2D eigenvalue weighted by Crippen LogP contribution is -2.46. The summed E-state index contributed by atoms with van der Waals surface area (Å²) in [5, 5.41) is 9.75. The Kier molecular flexibility index (Phi) is 4.00. The number of β-amino-alcohol motifs (C(OH)–C–C–N with tert-alkyl or cyclic N) is 1. The Balaban J connectivity index is 1.84. The molecule has 0 aromatic rings. The van der Waals surface area contributed by atoms with Gasteiger partial charge in [0.25, 0.3) is 0 Å². The van der Waals surface area contributed by atoms with Crippen LogP contribution in [0.4, 0.5) is 0 Å². The first-order chi connectivity index (χ1) is 7.31. The van der Waals surface area contributed by atoms with E-state index in [0.717, 1.165) is 18.5 Å². The Morgan fingerprint density at radius 1 is 1.33 bits per heavy atom. The Labute approximate surface area is 92.4 Å². The van der Waals surface area contributed by atoms with Gasteiger partial charge in [-0.1, -0.05) is 6.42 Å². The minimum absolute atomic E-state index is 0.311. The minimum atomic E-state index is -0.311. The third-order valence-corrected chi connectivity index (χ3v) is 3.91. The molecule has 1 heterocycles. The number of fused-ring (bicyclic) bond motifs is 1. The van der Waals surface area contributed by atoms with Gasteiger partial charge in [0.05, 0.1) is 12.7 Å². The van der Waals surface area contributed by atoms with Crippen LogP contribution in [-0.4, -0.2) is 49.0 Å². The summed E-state index contributed by atoms with van der Waals surface area (Å²) in [4.78, 5) is 2.49. The fourth-order valence-corrected chi connectivity index (χ4v) is 3.30. The monoisotopic (exact) mass is 213 g/mol. The van der Waals surface area contributed by atoms with Crippen LogP contribution in [0.1, 0.15) is 32.1 Å². The van der Waals surface area contributed by atoms with Gasteiger partial charge in [-0.3, -0.25) is 4.90 Å². The Morgan fingerprint density at radius 2 is 2.13 bits per heavy atom. The summed E-state index contributed by atoms with van der Waals surface area (Å²) < 4.78 is 4.98. The van der Waals surface area contributed by atoms with E-state index in [4.69, 9.17) is 4.74 Å². The molecule has 3 atom stereocenters. The number of hydrogen-bond donors (Lipinski definition) is 1. The van der Waals surface area contributed by atoms with Crippen molar-refractivity contribution < 1.29 is 9.84 Å². The highest BCUT2D eigenvalue weighted by molar-refractivity contribution is 4.89. The average Bonchev–Trinajstić information content (AvgIpc) is 2.67. The molecule has 88 valence electrons. The SMILES string of the molecule is COCC(O)CN1CCCC2CCCC21. The van der Waals surface area contributed by atoms with Gasteiger partial charge in [0, 0.05) is 19.7 Å². The molecule has 2 fully saturated rings. The van der Waals surface area contributed by atoms with Gasteiger partial charge in [0.2, 0.25) is 0 Å². The number of nitrogens with zero attached hydrogens (tertiary/aromatic N) is 1. The van der Waals surface area contributed by atoms with E-state index in [9.17, 15) is 5.11 Å². The van der Waals surface area contributed by atoms with E-state index >= 15 is 0 Å². The number of aliphatic hydroxyl groups is 1. The Bertz CT molecular complexity index is 198. The van der Waals surface area contributed by atoms with Crippen LogP contribution < -0.4 is 0 Å². The van der Waals surface area contributed by atoms with Crippen molar-refractivity contribution in [3.8, 4) is 0 Å². The molecule has 2 rings (SSSR count). The fourth-order valence-electron chi connectivity index (χ4n) is 3.30. The molecule has 1 aliphatic carbocycles. The zero-order valence-corrected chi connectivity index (χ0v) is 9.69. The maximum atomic E-state index is 9.75. The van der Waals surface area contributed by atoms with Gasteiger partial charge in [-0.15, -0.1) is 0 Å². The molecule has 3 heteroatoms. The first-order valence-corrected chi connectivity index (χ1v) is 6.22. The van der Waals surface area contributed by atoms with Crippen LogP contribution in [0.15, 0.2) is 0 Å². The maximum Gasteiger partial charge on any atom is 0.0900 e. The van der Waals surface area contributed by atoms with E-state index < -0.39 is 0 Å². The quantitative estimate of drug-likeness (QED) is 0.763. The summed E-state index contributed by atoms with van der Waals surface area (Å²) in [5.41, 5.74) is 0. The first kappa shape index (κ1) is 11.4. The standard InChI is InChI=1S/C12H23NO2/c1-15-9-11(14)8-13-7-3-5-10-4-2-6-12(10)13/h10-12,14H,2-9H2,1H3. The van der Waals surface area contributed by atoms with Crippen LogP contribution in [0.25, 0.3) is 0 Å². The lowest BCUT2D eigenvalue weighted by atomic mass is 9.92. The zero-order valence-electron chi connectivity index (χ0n) is 9.69. The number of ether oxygens (including phenoxy) is 1. The molecule has 0 aromatic carbocycles. The molecule has 0 aromatic heterocycles. The van der Waals surface area contributed by atoms with Crippen LogP contribution in [0.3, 0.4) is 0 Å². The lowest BCUT2D eigenvalue weighted by molar-refractivity contribution is 0.0103. The van der Waals surface area contributed by atoms with Crippen LogP contribution in [-0.2, 0) is 4.74 Å². The molecule has 1 saturated heterocycles. The Hall–Kier alpha value is -0.120. The normalized spacial score (nSPS) is 34.0. The Morgan fingerprint density at radius 3 is 2.93 bits per heavy atom. The van der Waals surface area contributed by atoms with E-state index in [1.54, 1.807) is 7.11 Å². The van der Waals surface area contributed by atoms with Crippen molar-refractivity contribution >= 4 is 0 Å². The van der Waals surface area contributed by atoms with E-state index in [0.29, 0.717) is 6.61 Å². The summed E-state index contributed by atoms with van der Waals surface area (Å²) in [7, 11) is 1.65. The van der Waals surface area contributed by atoms with E-state index in [1.807, 2.05) is 0 Å². The summed E-state index contributed by atoms with van der Waals surface area (Å²) >= 11 is 0. The number of hydrogen-bond acceptors (Lipinski definition) is 3. The van der Waals surface area contributed by atoms with Crippen molar-refractivity contribution in [3.63, 3.8) is 0 Å². The molecule has 0 radical (unpaired) electrons. The first-order valence-electron chi connectivity index (χ1n) is 6.22. The number of likely N-dealkylation sites (tertiary alicyclic amines) is 1. The van der Waals surface area contributed by atoms with Gasteiger partial charge in [-0.25, -0.2) is 0 Å². The minimum Gasteiger partial charge on any atom is -0.389 e. The van der Waals surface area contributed by atoms with Gasteiger partial charge < -0.3 is 9.84 Å². The number of piperidine rings is 1. The summed E-state index contributed by atoms with van der Waals surface area (Å²) in [5.74, 6) is 0.911. The molecular formula is C12H23NO2. The third-order valence-electron chi connectivity index (χ3n) is 3.91. The van der Waals surface area contributed by atoms with Gasteiger partial charge >= 0.3 is 0 Å². The highest BCUT2D eigenvalue weighted by Crippen LogP contribution is 2.36. The summed E-state index contributed by atoms with van der Waals surface area (Å²) in [6.07, 6.45) is 6.52. The highest BCUT2D eigenvalue weighted by Gasteiger charge is 2.35. The molecule has 1 N–H and O–H groups in total. The molecule has 1 saturated carbocycles.